The van der Waals surface area contributed by atoms with Crippen molar-refractivity contribution in [2.24, 2.45) is 0 Å². The number of hydrogen-bond donors (Lipinski definition) is 2. The molecule has 0 atom stereocenters. The van der Waals surface area contributed by atoms with Crippen molar-refractivity contribution in [3.05, 3.63) is 54.4 Å². The Balaban J connectivity index is 1.82. The Morgan fingerprint density at radius 1 is 1.19 bits per heavy atom. The second-order valence-electron chi connectivity index (χ2n) is 4.23. The molecule has 0 aliphatic heterocycles. The monoisotopic (exact) mass is 286 g/mol. The average molecular weight is 286 g/mol. The van der Waals surface area contributed by atoms with Crippen molar-refractivity contribution in [1.82, 2.24) is 4.98 Å². The Bertz CT molecular complexity index is 629. The van der Waals surface area contributed by atoms with E-state index in [1.807, 2.05) is 18.2 Å². The van der Waals surface area contributed by atoms with Crippen molar-refractivity contribution < 1.29 is 19.4 Å². The lowest BCUT2D eigenvalue weighted by Crippen LogP contribution is -2.15. The van der Waals surface area contributed by atoms with Gasteiger partial charge in [-0.1, -0.05) is 18.2 Å². The van der Waals surface area contributed by atoms with Crippen LogP contribution in [-0.2, 0) is 4.79 Å². The summed E-state index contributed by atoms with van der Waals surface area (Å²) >= 11 is 0. The quantitative estimate of drug-likeness (QED) is 0.849. The van der Waals surface area contributed by atoms with Gasteiger partial charge in [-0.15, -0.1) is 0 Å². The summed E-state index contributed by atoms with van der Waals surface area (Å²) in [5.41, 5.74) is 0.368. The second kappa shape index (κ2) is 7.04. The molecule has 6 nitrogen and oxygen atoms in total. The summed E-state index contributed by atoms with van der Waals surface area (Å²) in [5, 5.41) is 11.4. The molecule has 0 saturated heterocycles. The fraction of sp³-hybridized carbons (Fsp3) is 0.133. The SMILES string of the molecule is O=C(CCOc1ccccc1)Nc1cncc(C(=O)O)c1. The first kappa shape index (κ1) is 14.5. The molecule has 1 heterocycles. The number of carboxylic acid groups (broad SMARTS) is 1. The zero-order valence-corrected chi connectivity index (χ0v) is 11.2. The Morgan fingerprint density at radius 2 is 1.95 bits per heavy atom. The molecule has 0 fully saturated rings. The van der Waals surface area contributed by atoms with E-state index in [2.05, 4.69) is 10.3 Å². The van der Waals surface area contributed by atoms with Crippen LogP contribution in [0.1, 0.15) is 16.8 Å². The van der Waals surface area contributed by atoms with Gasteiger partial charge in [0, 0.05) is 6.20 Å². The molecule has 1 amide bonds. The number of ether oxygens (including phenoxy) is 1. The van der Waals surface area contributed by atoms with Crippen LogP contribution in [0.3, 0.4) is 0 Å². The van der Waals surface area contributed by atoms with Crippen LogP contribution in [0.5, 0.6) is 5.75 Å². The van der Waals surface area contributed by atoms with Gasteiger partial charge in [0.2, 0.25) is 5.91 Å². The molecule has 0 aliphatic carbocycles. The topological polar surface area (TPSA) is 88.5 Å². The number of pyridine rings is 1. The Labute approximate surface area is 121 Å². The van der Waals surface area contributed by atoms with Crippen LogP contribution < -0.4 is 10.1 Å². The molecule has 0 saturated carbocycles. The van der Waals surface area contributed by atoms with Crippen molar-refractivity contribution in [3.8, 4) is 5.75 Å². The van der Waals surface area contributed by atoms with Gasteiger partial charge in [0.1, 0.15) is 5.75 Å². The number of anilines is 1. The molecule has 108 valence electrons. The van der Waals surface area contributed by atoms with Crippen molar-refractivity contribution >= 4 is 17.6 Å². The third kappa shape index (κ3) is 4.61. The maximum Gasteiger partial charge on any atom is 0.337 e. The fourth-order valence-corrected chi connectivity index (χ4v) is 1.63. The molecular weight excluding hydrogens is 272 g/mol. The van der Waals surface area contributed by atoms with Crippen LogP contribution in [0.15, 0.2) is 48.8 Å². The Kier molecular flexibility index (Phi) is 4.87. The van der Waals surface area contributed by atoms with Crippen LogP contribution >= 0.6 is 0 Å². The van der Waals surface area contributed by atoms with Gasteiger partial charge in [0.25, 0.3) is 0 Å². The maximum absolute atomic E-state index is 11.7. The molecule has 1 aromatic heterocycles. The molecule has 0 bridgehead atoms. The number of nitrogens with one attached hydrogen (secondary N) is 1. The minimum atomic E-state index is -1.09. The standard InChI is InChI=1S/C15H14N2O4/c18-14(6-7-21-13-4-2-1-3-5-13)17-12-8-11(15(19)20)9-16-10-12/h1-5,8-10H,6-7H2,(H,17,18)(H,19,20). The van der Waals surface area contributed by atoms with Gasteiger partial charge >= 0.3 is 5.97 Å². The maximum atomic E-state index is 11.7. The van der Waals surface area contributed by atoms with E-state index in [1.165, 1.54) is 18.5 Å². The van der Waals surface area contributed by atoms with E-state index >= 15 is 0 Å². The number of para-hydroxylation sites is 1. The molecule has 6 heteroatoms. The van der Waals surface area contributed by atoms with E-state index in [9.17, 15) is 9.59 Å². The molecule has 0 unspecified atom stereocenters. The van der Waals surface area contributed by atoms with Crippen LogP contribution in [0.2, 0.25) is 0 Å². The number of carboxylic acids is 1. The summed E-state index contributed by atoms with van der Waals surface area (Å²) in [6.07, 6.45) is 2.77. The third-order valence-electron chi connectivity index (χ3n) is 2.61. The van der Waals surface area contributed by atoms with E-state index in [0.29, 0.717) is 11.4 Å². The lowest BCUT2D eigenvalue weighted by atomic mass is 10.2. The fourth-order valence-electron chi connectivity index (χ4n) is 1.63. The van der Waals surface area contributed by atoms with Gasteiger partial charge in [-0.25, -0.2) is 4.79 Å². The van der Waals surface area contributed by atoms with Crippen molar-refractivity contribution in [2.75, 3.05) is 11.9 Å². The third-order valence-corrected chi connectivity index (χ3v) is 2.61. The van der Waals surface area contributed by atoms with Gasteiger partial charge in [-0.2, -0.15) is 0 Å². The van der Waals surface area contributed by atoms with Crippen molar-refractivity contribution in [2.45, 2.75) is 6.42 Å². The zero-order valence-electron chi connectivity index (χ0n) is 11.2. The Morgan fingerprint density at radius 3 is 2.67 bits per heavy atom. The van der Waals surface area contributed by atoms with E-state index in [0.717, 1.165) is 0 Å². The number of carbonyl (C=O) groups is 2. The van der Waals surface area contributed by atoms with Crippen LogP contribution in [0, 0.1) is 0 Å². The lowest BCUT2D eigenvalue weighted by Gasteiger charge is -2.07. The van der Waals surface area contributed by atoms with Gasteiger partial charge in [0.15, 0.2) is 0 Å². The molecule has 1 aromatic carbocycles. The van der Waals surface area contributed by atoms with Crippen molar-refractivity contribution in [3.63, 3.8) is 0 Å². The molecule has 2 rings (SSSR count). The molecular formula is C15H14N2O4. The highest BCUT2D eigenvalue weighted by molar-refractivity contribution is 5.93. The molecule has 21 heavy (non-hydrogen) atoms. The number of aromatic nitrogens is 1. The van der Waals surface area contributed by atoms with E-state index in [-0.39, 0.29) is 24.5 Å². The average Bonchev–Trinajstić information content (AvgIpc) is 2.48. The predicted molar refractivity (Wildman–Crippen MR) is 76.4 cm³/mol. The van der Waals surface area contributed by atoms with Gasteiger partial charge in [-0.3, -0.25) is 9.78 Å². The number of nitrogens with zero attached hydrogens (tertiary/aromatic N) is 1. The summed E-state index contributed by atoms with van der Waals surface area (Å²) in [7, 11) is 0. The summed E-state index contributed by atoms with van der Waals surface area (Å²) < 4.78 is 5.41. The second-order valence-corrected chi connectivity index (χ2v) is 4.23. The highest BCUT2D eigenvalue weighted by Crippen LogP contribution is 2.10. The molecule has 0 aliphatic rings. The molecule has 2 aromatic rings. The zero-order chi connectivity index (χ0) is 15.1. The number of hydrogen-bond acceptors (Lipinski definition) is 4. The normalized spacial score (nSPS) is 9.90. The smallest absolute Gasteiger partial charge is 0.337 e. The van der Waals surface area contributed by atoms with E-state index < -0.39 is 5.97 Å². The van der Waals surface area contributed by atoms with Gasteiger partial charge < -0.3 is 15.2 Å². The van der Waals surface area contributed by atoms with Crippen molar-refractivity contribution in [1.29, 1.82) is 0 Å². The van der Waals surface area contributed by atoms with E-state index in [4.69, 9.17) is 9.84 Å². The first-order valence-electron chi connectivity index (χ1n) is 6.31. The number of amides is 1. The van der Waals surface area contributed by atoms with Crippen LogP contribution in [0.4, 0.5) is 5.69 Å². The first-order valence-corrected chi connectivity index (χ1v) is 6.31. The van der Waals surface area contributed by atoms with E-state index in [1.54, 1.807) is 12.1 Å². The molecule has 2 N–H and O–H groups in total. The summed E-state index contributed by atoms with van der Waals surface area (Å²) in [6.45, 7) is 0.238. The number of benzene rings is 1. The highest BCUT2D eigenvalue weighted by atomic mass is 16.5. The number of aromatic carboxylic acids is 1. The number of rotatable bonds is 6. The summed E-state index contributed by atoms with van der Waals surface area (Å²) in [6, 6.07) is 10.5. The van der Waals surface area contributed by atoms with Crippen LogP contribution in [-0.4, -0.2) is 28.6 Å². The minimum Gasteiger partial charge on any atom is -0.493 e. The minimum absolute atomic E-state index is 0.0216. The largest absolute Gasteiger partial charge is 0.493 e. The van der Waals surface area contributed by atoms with Crippen LogP contribution in [0.25, 0.3) is 0 Å². The lowest BCUT2D eigenvalue weighted by molar-refractivity contribution is -0.116. The van der Waals surface area contributed by atoms with Gasteiger partial charge in [0.05, 0.1) is 30.5 Å². The Hall–Kier alpha value is -2.89. The van der Waals surface area contributed by atoms with Gasteiger partial charge in [-0.05, 0) is 18.2 Å². The molecule has 0 spiro atoms. The predicted octanol–water partition coefficient (Wildman–Crippen LogP) is 2.19. The summed E-state index contributed by atoms with van der Waals surface area (Å²) in [4.78, 5) is 26.3. The first-order chi connectivity index (χ1) is 10.1. The summed E-state index contributed by atoms with van der Waals surface area (Å²) in [5.74, 6) is -0.666. The molecule has 0 radical (unpaired) electrons. The number of carbonyl (C=O) groups excluding carboxylic acids is 1. The highest BCUT2D eigenvalue weighted by Gasteiger charge is 2.07.